The van der Waals surface area contributed by atoms with Crippen molar-refractivity contribution in [3.63, 3.8) is 0 Å². The Morgan fingerprint density at radius 2 is 2.39 bits per heavy atom. The van der Waals surface area contributed by atoms with E-state index in [0.29, 0.717) is 12.2 Å². The largest absolute Gasteiger partial charge is 0.365 e. The Balaban J connectivity index is 2.27. The fraction of sp³-hybridized carbons (Fsp3) is 0.500. The highest BCUT2D eigenvalue weighted by molar-refractivity contribution is 5.53. The van der Waals surface area contributed by atoms with E-state index in [1.165, 1.54) is 12.1 Å². The number of nitro groups is 1. The SMILES string of the molecule is CCN(c1ccc([N+](=O)[O-])cc1F)C1CCNC1. The topological polar surface area (TPSA) is 58.4 Å². The third kappa shape index (κ3) is 2.43. The molecule has 0 saturated carbocycles. The summed E-state index contributed by atoms with van der Waals surface area (Å²) in [4.78, 5) is 11.9. The molecule has 0 radical (unpaired) electrons. The molecule has 2 rings (SSSR count). The Hall–Kier alpha value is -1.69. The molecule has 1 aromatic rings. The minimum absolute atomic E-state index is 0.211. The second kappa shape index (κ2) is 5.30. The van der Waals surface area contributed by atoms with Crippen LogP contribution < -0.4 is 10.2 Å². The predicted octanol–water partition coefficient (Wildman–Crippen LogP) is 1.92. The Labute approximate surface area is 105 Å². The fourth-order valence-corrected chi connectivity index (χ4v) is 2.37. The van der Waals surface area contributed by atoms with Crippen molar-refractivity contribution in [2.24, 2.45) is 0 Å². The standard InChI is InChI=1S/C12H16FN3O2/c1-2-15(10-5-6-14-8-10)12-4-3-9(16(17)18)7-11(12)13/h3-4,7,10,14H,2,5-6,8H2,1H3. The molecule has 6 heteroatoms. The molecular weight excluding hydrogens is 237 g/mol. The monoisotopic (exact) mass is 253 g/mol. The number of nitro benzene ring substituents is 1. The molecule has 0 amide bonds. The van der Waals surface area contributed by atoms with Crippen LogP contribution >= 0.6 is 0 Å². The number of nitrogens with zero attached hydrogens (tertiary/aromatic N) is 2. The van der Waals surface area contributed by atoms with Gasteiger partial charge in [-0.05, 0) is 26.0 Å². The predicted molar refractivity (Wildman–Crippen MR) is 67.3 cm³/mol. The normalized spacial score (nSPS) is 18.9. The summed E-state index contributed by atoms with van der Waals surface area (Å²) >= 11 is 0. The number of halogens is 1. The van der Waals surface area contributed by atoms with Crippen LogP contribution in [-0.2, 0) is 0 Å². The van der Waals surface area contributed by atoms with Gasteiger partial charge in [-0.25, -0.2) is 4.39 Å². The maximum absolute atomic E-state index is 13.9. The van der Waals surface area contributed by atoms with Crippen LogP contribution in [0.25, 0.3) is 0 Å². The molecule has 0 aliphatic carbocycles. The number of hydrogen-bond acceptors (Lipinski definition) is 4. The van der Waals surface area contributed by atoms with Gasteiger partial charge in [0.05, 0.1) is 16.7 Å². The summed E-state index contributed by atoms with van der Waals surface area (Å²) in [6, 6.07) is 4.09. The molecule has 1 aliphatic heterocycles. The van der Waals surface area contributed by atoms with Crippen LogP contribution in [0.2, 0.25) is 0 Å². The number of nitrogens with one attached hydrogen (secondary N) is 1. The molecule has 1 atom stereocenters. The first-order chi connectivity index (χ1) is 8.63. The molecule has 1 fully saturated rings. The van der Waals surface area contributed by atoms with E-state index in [0.717, 1.165) is 25.6 Å². The van der Waals surface area contributed by atoms with E-state index in [9.17, 15) is 14.5 Å². The highest BCUT2D eigenvalue weighted by Crippen LogP contribution is 2.26. The number of anilines is 1. The van der Waals surface area contributed by atoms with Crippen LogP contribution in [0.5, 0.6) is 0 Å². The van der Waals surface area contributed by atoms with Crippen molar-refractivity contribution in [2.75, 3.05) is 24.5 Å². The zero-order valence-electron chi connectivity index (χ0n) is 10.2. The molecule has 18 heavy (non-hydrogen) atoms. The van der Waals surface area contributed by atoms with Gasteiger partial charge in [0.2, 0.25) is 0 Å². The van der Waals surface area contributed by atoms with Gasteiger partial charge in [-0.2, -0.15) is 0 Å². The van der Waals surface area contributed by atoms with Gasteiger partial charge in [-0.15, -0.1) is 0 Å². The summed E-state index contributed by atoms with van der Waals surface area (Å²) in [6.07, 6.45) is 0.963. The highest BCUT2D eigenvalue weighted by Gasteiger charge is 2.24. The van der Waals surface area contributed by atoms with Crippen LogP contribution in [0.1, 0.15) is 13.3 Å². The smallest absolute Gasteiger partial charge is 0.272 e. The summed E-state index contributed by atoms with van der Waals surface area (Å²) in [6.45, 7) is 4.39. The van der Waals surface area contributed by atoms with Gasteiger partial charge >= 0.3 is 0 Å². The lowest BCUT2D eigenvalue weighted by molar-refractivity contribution is -0.385. The van der Waals surface area contributed by atoms with Gasteiger partial charge in [0.25, 0.3) is 5.69 Å². The number of benzene rings is 1. The zero-order chi connectivity index (χ0) is 13.1. The van der Waals surface area contributed by atoms with E-state index >= 15 is 0 Å². The minimum atomic E-state index is -0.583. The fourth-order valence-electron chi connectivity index (χ4n) is 2.37. The Morgan fingerprint density at radius 1 is 1.61 bits per heavy atom. The molecule has 1 heterocycles. The van der Waals surface area contributed by atoms with Crippen LogP contribution in [0.15, 0.2) is 18.2 Å². The number of hydrogen-bond donors (Lipinski definition) is 1. The van der Waals surface area contributed by atoms with Crippen molar-refractivity contribution in [1.82, 2.24) is 5.32 Å². The van der Waals surface area contributed by atoms with Gasteiger partial charge in [0.15, 0.2) is 5.82 Å². The molecule has 0 bridgehead atoms. The summed E-state index contributed by atoms with van der Waals surface area (Å²) in [5, 5.41) is 13.8. The molecule has 0 spiro atoms. The molecule has 98 valence electrons. The summed E-state index contributed by atoms with van der Waals surface area (Å²) < 4.78 is 13.9. The van der Waals surface area contributed by atoms with E-state index < -0.39 is 10.7 Å². The first-order valence-electron chi connectivity index (χ1n) is 6.04. The van der Waals surface area contributed by atoms with Crippen molar-refractivity contribution in [3.8, 4) is 0 Å². The molecule has 1 N–H and O–H groups in total. The van der Waals surface area contributed by atoms with Gasteiger partial charge < -0.3 is 10.2 Å². The third-order valence-electron chi connectivity index (χ3n) is 3.27. The Morgan fingerprint density at radius 3 is 2.89 bits per heavy atom. The average Bonchev–Trinajstić information content (AvgIpc) is 2.85. The molecule has 1 unspecified atom stereocenters. The number of rotatable bonds is 4. The summed E-state index contributed by atoms with van der Waals surface area (Å²) in [5.41, 5.74) is 0.230. The second-order valence-corrected chi connectivity index (χ2v) is 4.33. The van der Waals surface area contributed by atoms with Gasteiger partial charge in [-0.1, -0.05) is 0 Å². The van der Waals surface area contributed by atoms with Crippen molar-refractivity contribution >= 4 is 11.4 Å². The van der Waals surface area contributed by atoms with E-state index in [4.69, 9.17) is 0 Å². The molecule has 1 saturated heterocycles. The quantitative estimate of drug-likeness (QED) is 0.658. The second-order valence-electron chi connectivity index (χ2n) is 4.33. The van der Waals surface area contributed by atoms with Crippen LogP contribution in [0.4, 0.5) is 15.8 Å². The average molecular weight is 253 g/mol. The lowest BCUT2D eigenvalue weighted by Gasteiger charge is -2.29. The molecule has 5 nitrogen and oxygen atoms in total. The van der Waals surface area contributed by atoms with E-state index in [1.807, 2.05) is 11.8 Å². The Kier molecular flexibility index (Phi) is 3.76. The Bertz CT molecular complexity index is 447. The summed E-state index contributed by atoms with van der Waals surface area (Å²) in [7, 11) is 0. The van der Waals surface area contributed by atoms with Crippen molar-refractivity contribution < 1.29 is 9.31 Å². The van der Waals surface area contributed by atoms with Crippen LogP contribution in [0.3, 0.4) is 0 Å². The van der Waals surface area contributed by atoms with Crippen LogP contribution in [-0.4, -0.2) is 30.6 Å². The van der Waals surface area contributed by atoms with Crippen molar-refractivity contribution in [1.29, 1.82) is 0 Å². The molecule has 1 aliphatic rings. The maximum Gasteiger partial charge on any atom is 0.272 e. The van der Waals surface area contributed by atoms with Gasteiger partial charge in [0, 0.05) is 25.2 Å². The van der Waals surface area contributed by atoms with E-state index in [2.05, 4.69) is 5.32 Å². The molecular formula is C12H16FN3O2. The lowest BCUT2D eigenvalue weighted by Crippen LogP contribution is -2.37. The van der Waals surface area contributed by atoms with E-state index in [-0.39, 0.29) is 11.7 Å². The number of non-ortho nitro benzene ring substituents is 1. The first-order valence-corrected chi connectivity index (χ1v) is 6.04. The van der Waals surface area contributed by atoms with Crippen molar-refractivity contribution in [3.05, 3.63) is 34.1 Å². The molecule has 0 aromatic heterocycles. The highest BCUT2D eigenvalue weighted by atomic mass is 19.1. The van der Waals surface area contributed by atoms with Crippen molar-refractivity contribution in [2.45, 2.75) is 19.4 Å². The molecule has 1 aromatic carbocycles. The zero-order valence-corrected chi connectivity index (χ0v) is 10.2. The van der Waals surface area contributed by atoms with Crippen LogP contribution in [0, 0.1) is 15.9 Å². The maximum atomic E-state index is 13.9. The third-order valence-corrected chi connectivity index (χ3v) is 3.27. The van der Waals surface area contributed by atoms with E-state index in [1.54, 1.807) is 0 Å². The number of likely N-dealkylation sites (N-methyl/N-ethyl adjacent to an activating group) is 1. The summed E-state index contributed by atoms with van der Waals surface area (Å²) in [5.74, 6) is -0.530. The minimum Gasteiger partial charge on any atom is -0.365 e. The first kappa shape index (κ1) is 12.8. The van der Waals surface area contributed by atoms with Gasteiger partial charge in [0.1, 0.15) is 0 Å². The van der Waals surface area contributed by atoms with Gasteiger partial charge in [-0.3, -0.25) is 10.1 Å². The lowest BCUT2D eigenvalue weighted by atomic mass is 10.1.